The van der Waals surface area contributed by atoms with Gasteiger partial charge in [0.1, 0.15) is 5.69 Å². The van der Waals surface area contributed by atoms with Gasteiger partial charge in [-0.1, -0.05) is 35.8 Å². The largest absolute Gasteiger partial charge is 0.337 e. The predicted octanol–water partition coefficient (Wildman–Crippen LogP) is 3.10. The number of rotatable bonds is 2. The average molecular weight is 280 g/mol. The molecule has 0 aliphatic carbocycles. The molecule has 1 N–H and O–H groups in total. The second-order valence-electron chi connectivity index (χ2n) is 5.34. The molecule has 21 heavy (non-hydrogen) atoms. The van der Waals surface area contributed by atoms with E-state index in [0.29, 0.717) is 11.7 Å². The lowest BCUT2D eigenvalue weighted by molar-refractivity contribution is 0.297. The highest BCUT2D eigenvalue weighted by atomic mass is 16.5. The van der Waals surface area contributed by atoms with E-state index in [-0.39, 0.29) is 6.04 Å². The molecule has 0 radical (unpaired) electrons. The van der Waals surface area contributed by atoms with E-state index < -0.39 is 0 Å². The predicted molar refractivity (Wildman–Crippen MR) is 79.6 cm³/mol. The molecule has 0 amide bonds. The summed E-state index contributed by atoms with van der Waals surface area (Å²) in [6.45, 7) is 1.01. The van der Waals surface area contributed by atoms with Gasteiger partial charge in [-0.15, -0.1) is 0 Å². The van der Waals surface area contributed by atoms with E-state index in [9.17, 15) is 0 Å². The van der Waals surface area contributed by atoms with Crippen molar-refractivity contribution in [3.05, 3.63) is 42.4 Å². The molecule has 0 spiro atoms. The molecule has 3 aromatic rings. The van der Waals surface area contributed by atoms with Crippen molar-refractivity contribution in [2.24, 2.45) is 0 Å². The maximum absolute atomic E-state index is 5.44. The maximum atomic E-state index is 5.44. The standard InChI is InChI=1S/C16H16N4O/c1-2-6-12-11(5-1)8-10-18-14(12)15-19-16(21-20-15)13-7-3-4-9-17-13/h1-2,5-6,8,10,13,17H,3-4,7,9H2. The Morgan fingerprint density at radius 1 is 1.14 bits per heavy atom. The zero-order valence-electron chi connectivity index (χ0n) is 11.6. The first-order valence-electron chi connectivity index (χ1n) is 7.33. The van der Waals surface area contributed by atoms with Crippen LogP contribution in [-0.2, 0) is 0 Å². The van der Waals surface area contributed by atoms with Crippen LogP contribution < -0.4 is 5.32 Å². The molecule has 1 aliphatic heterocycles. The van der Waals surface area contributed by atoms with Gasteiger partial charge in [0.25, 0.3) is 0 Å². The van der Waals surface area contributed by atoms with Crippen LogP contribution in [0.5, 0.6) is 0 Å². The van der Waals surface area contributed by atoms with Gasteiger partial charge in [-0.25, -0.2) is 0 Å². The number of benzene rings is 1. The highest BCUT2D eigenvalue weighted by Gasteiger charge is 2.22. The molecule has 1 atom stereocenters. The third-order valence-corrected chi connectivity index (χ3v) is 3.94. The van der Waals surface area contributed by atoms with Crippen LogP contribution in [0.2, 0.25) is 0 Å². The number of nitrogens with one attached hydrogen (secondary N) is 1. The zero-order chi connectivity index (χ0) is 14.1. The Hall–Kier alpha value is -2.27. The maximum Gasteiger partial charge on any atom is 0.244 e. The summed E-state index contributed by atoms with van der Waals surface area (Å²) in [6, 6.07) is 10.3. The Morgan fingerprint density at radius 3 is 3.00 bits per heavy atom. The first kappa shape index (κ1) is 12.5. The molecule has 1 unspecified atom stereocenters. The molecule has 1 aliphatic rings. The molecule has 0 saturated carbocycles. The molecular weight excluding hydrogens is 264 g/mol. The summed E-state index contributed by atoms with van der Waals surface area (Å²) < 4.78 is 5.44. The Balaban J connectivity index is 1.74. The minimum atomic E-state index is 0.176. The first-order chi connectivity index (χ1) is 10.4. The Labute approximate surface area is 122 Å². The van der Waals surface area contributed by atoms with E-state index in [1.807, 2.05) is 24.3 Å². The molecule has 1 fully saturated rings. The number of pyridine rings is 1. The fraction of sp³-hybridized carbons (Fsp3) is 0.312. The fourth-order valence-electron chi connectivity index (χ4n) is 2.83. The second-order valence-corrected chi connectivity index (χ2v) is 5.34. The lowest BCUT2D eigenvalue weighted by Crippen LogP contribution is -2.26. The molecule has 0 bridgehead atoms. The van der Waals surface area contributed by atoms with Gasteiger partial charge in [0, 0.05) is 11.6 Å². The van der Waals surface area contributed by atoms with Gasteiger partial charge >= 0.3 is 0 Å². The summed E-state index contributed by atoms with van der Waals surface area (Å²) in [5, 5.41) is 9.72. The van der Waals surface area contributed by atoms with Crippen LogP contribution in [0.15, 0.2) is 41.1 Å². The van der Waals surface area contributed by atoms with E-state index in [0.717, 1.165) is 29.4 Å². The van der Waals surface area contributed by atoms with Crippen molar-refractivity contribution in [3.8, 4) is 11.5 Å². The number of piperidine rings is 1. The summed E-state index contributed by atoms with van der Waals surface area (Å²) in [4.78, 5) is 8.98. The number of nitrogens with zero attached hydrogens (tertiary/aromatic N) is 3. The normalized spacial score (nSPS) is 19.0. The quantitative estimate of drug-likeness (QED) is 0.781. The van der Waals surface area contributed by atoms with Crippen molar-refractivity contribution >= 4 is 10.8 Å². The molecule has 5 nitrogen and oxygen atoms in total. The van der Waals surface area contributed by atoms with Crippen LogP contribution in [0.25, 0.3) is 22.3 Å². The van der Waals surface area contributed by atoms with Crippen molar-refractivity contribution < 1.29 is 4.52 Å². The second kappa shape index (κ2) is 5.26. The van der Waals surface area contributed by atoms with Gasteiger partial charge in [-0.2, -0.15) is 4.98 Å². The minimum Gasteiger partial charge on any atom is -0.337 e. The number of aromatic nitrogens is 3. The molecule has 2 aromatic heterocycles. The van der Waals surface area contributed by atoms with Crippen LogP contribution in [-0.4, -0.2) is 21.7 Å². The minimum absolute atomic E-state index is 0.176. The van der Waals surface area contributed by atoms with Gasteiger partial charge in [-0.3, -0.25) is 4.98 Å². The Kier molecular flexibility index (Phi) is 3.12. The highest BCUT2D eigenvalue weighted by molar-refractivity contribution is 5.92. The van der Waals surface area contributed by atoms with Gasteiger partial charge in [0.05, 0.1) is 6.04 Å². The molecule has 1 saturated heterocycles. The molecule has 5 heteroatoms. The van der Waals surface area contributed by atoms with E-state index in [1.165, 1.54) is 12.8 Å². The van der Waals surface area contributed by atoms with E-state index in [1.54, 1.807) is 6.20 Å². The van der Waals surface area contributed by atoms with Gasteiger partial charge in [-0.05, 0) is 30.8 Å². The highest BCUT2D eigenvalue weighted by Crippen LogP contribution is 2.27. The van der Waals surface area contributed by atoms with Gasteiger partial charge < -0.3 is 9.84 Å². The molecule has 3 heterocycles. The van der Waals surface area contributed by atoms with Crippen LogP contribution in [0.3, 0.4) is 0 Å². The average Bonchev–Trinajstić information content (AvgIpc) is 3.05. The number of fused-ring (bicyclic) bond motifs is 1. The summed E-state index contributed by atoms with van der Waals surface area (Å²) in [5.41, 5.74) is 0.777. The van der Waals surface area contributed by atoms with Crippen LogP contribution in [0.1, 0.15) is 31.2 Å². The van der Waals surface area contributed by atoms with Crippen molar-refractivity contribution in [2.75, 3.05) is 6.54 Å². The summed E-state index contributed by atoms with van der Waals surface area (Å²) in [7, 11) is 0. The van der Waals surface area contributed by atoms with Crippen LogP contribution in [0, 0.1) is 0 Å². The van der Waals surface area contributed by atoms with Gasteiger partial charge in [0.2, 0.25) is 11.7 Å². The van der Waals surface area contributed by atoms with E-state index in [2.05, 4.69) is 26.5 Å². The van der Waals surface area contributed by atoms with Crippen molar-refractivity contribution in [1.29, 1.82) is 0 Å². The monoisotopic (exact) mass is 280 g/mol. The Morgan fingerprint density at radius 2 is 2.10 bits per heavy atom. The summed E-state index contributed by atoms with van der Waals surface area (Å²) >= 11 is 0. The lowest BCUT2D eigenvalue weighted by Gasteiger charge is -2.19. The number of hydrogen-bond acceptors (Lipinski definition) is 5. The molecule has 4 rings (SSSR count). The molecule has 106 valence electrons. The molecular formula is C16H16N4O. The first-order valence-corrected chi connectivity index (χ1v) is 7.33. The fourth-order valence-corrected chi connectivity index (χ4v) is 2.83. The Bertz CT molecular complexity index is 756. The topological polar surface area (TPSA) is 63.8 Å². The number of hydrogen-bond donors (Lipinski definition) is 1. The van der Waals surface area contributed by atoms with Crippen molar-refractivity contribution in [1.82, 2.24) is 20.4 Å². The third kappa shape index (κ3) is 2.29. The molecule has 1 aromatic carbocycles. The summed E-state index contributed by atoms with van der Waals surface area (Å²) in [6.07, 6.45) is 5.24. The summed E-state index contributed by atoms with van der Waals surface area (Å²) in [5.74, 6) is 1.23. The smallest absolute Gasteiger partial charge is 0.244 e. The van der Waals surface area contributed by atoms with Crippen LogP contribution in [0.4, 0.5) is 0 Å². The van der Waals surface area contributed by atoms with Gasteiger partial charge in [0.15, 0.2) is 0 Å². The van der Waals surface area contributed by atoms with Crippen LogP contribution >= 0.6 is 0 Å². The van der Waals surface area contributed by atoms with E-state index >= 15 is 0 Å². The third-order valence-electron chi connectivity index (χ3n) is 3.94. The lowest BCUT2D eigenvalue weighted by atomic mass is 10.1. The van der Waals surface area contributed by atoms with Crippen molar-refractivity contribution in [3.63, 3.8) is 0 Å². The SMILES string of the molecule is c1ccc2c(-c3noc(C4CCCCN4)n3)nccc2c1. The van der Waals surface area contributed by atoms with E-state index in [4.69, 9.17) is 4.52 Å². The zero-order valence-corrected chi connectivity index (χ0v) is 11.6. The van der Waals surface area contributed by atoms with Crippen molar-refractivity contribution in [2.45, 2.75) is 25.3 Å².